The molecular weight excluding hydrogens is 224 g/mol. The average molecular weight is 238 g/mol. The predicted molar refractivity (Wildman–Crippen MR) is 65.2 cm³/mol. The van der Waals surface area contributed by atoms with Crippen LogP contribution in [0.1, 0.15) is 17.8 Å². The molecule has 2 aromatic rings. The second-order valence-corrected chi connectivity index (χ2v) is 5.07. The van der Waals surface area contributed by atoms with Crippen molar-refractivity contribution in [2.45, 2.75) is 19.9 Å². The maximum absolute atomic E-state index is 12.1. The number of aryl methyl sites for hydroxylation is 1. The highest BCUT2D eigenvalue weighted by molar-refractivity contribution is 7.18. The number of fused-ring (bicyclic) bond motifs is 1. The summed E-state index contributed by atoms with van der Waals surface area (Å²) < 4.78 is 6.67. The molecule has 0 spiro atoms. The summed E-state index contributed by atoms with van der Waals surface area (Å²) in [4.78, 5) is 18.3. The number of hydrogen-bond acceptors (Lipinski definition) is 4. The molecule has 0 aliphatic carbocycles. The fourth-order valence-electron chi connectivity index (χ4n) is 1.69. The third-order valence-corrected chi connectivity index (χ3v) is 3.44. The monoisotopic (exact) mass is 238 g/mol. The third kappa shape index (κ3) is 1.88. The molecule has 0 saturated carbocycles. The van der Waals surface area contributed by atoms with Crippen molar-refractivity contribution in [3.8, 4) is 0 Å². The van der Waals surface area contributed by atoms with E-state index in [0.29, 0.717) is 12.0 Å². The van der Waals surface area contributed by atoms with Crippen LogP contribution in [0.15, 0.2) is 17.2 Å². The van der Waals surface area contributed by atoms with E-state index in [1.807, 2.05) is 19.9 Å². The number of rotatable bonds is 3. The Morgan fingerprint density at radius 1 is 1.62 bits per heavy atom. The van der Waals surface area contributed by atoms with Gasteiger partial charge in [0.2, 0.25) is 0 Å². The Bertz CT molecular complexity index is 559. The Hall–Kier alpha value is -1.20. The van der Waals surface area contributed by atoms with E-state index in [9.17, 15) is 4.79 Å². The highest BCUT2D eigenvalue weighted by atomic mass is 32.1. The lowest BCUT2D eigenvalue weighted by molar-refractivity contribution is 0.160. The van der Waals surface area contributed by atoms with Crippen molar-refractivity contribution in [3.05, 3.63) is 27.6 Å². The fourth-order valence-corrected chi connectivity index (χ4v) is 2.53. The zero-order chi connectivity index (χ0) is 11.7. The van der Waals surface area contributed by atoms with Gasteiger partial charge >= 0.3 is 0 Å². The summed E-state index contributed by atoms with van der Waals surface area (Å²) in [6.45, 7) is 4.43. The molecule has 5 heteroatoms. The van der Waals surface area contributed by atoms with Crippen LogP contribution in [0.3, 0.4) is 0 Å². The molecule has 0 radical (unpaired) electrons. The van der Waals surface area contributed by atoms with Crippen molar-refractivity contribution in [1.29, 1.82) is 0 Å². The number of hydrogen-bond donors (Lipinski definition) is 0. The molecule has 0 fully saturated rings. The van der Waals surface area contributed by atoms with Crippen LogP contribution in [-0.4, -0.2) is 23.3 Å². The standard InChI is InChI=1S/C11H14N2O2S/c1-7(5-15-3)13-6-12-10-9(11(13)14)4-8(2)16-10/h4,6-7H,5H2,1-3H3/t7-/m1/s1. The minimum absolute atomic E-state index is 0.00889. The molecule has 0 bridgehead atoms. The highest BCUT2D eigenvalue weighted by Gasteiger charge is 2.11. The summed E-state index contributed by atoms with van der Waals surface area (Å²) in [7, 11) is 1.63. The molecule has 0 aliphatic heterocycles. The van der Waals surface area contributed by atoms with Crippen LogP contribution in [0.5, 0.6) is 0 Å². The van der Waals surface area contributed by atoms with Crippen molar-refractivity contribution in [2.24, 2.45) is 0 Å². The molecule has 2 heterocycles. The lowest BCUT2D eigenvalue weighted by Gasteiger charge is -2.12. The minimum atomic E-state index is 0.00889. The number of ether oxygens (including phenoxy) is 1. The van der Waals surface area contributed by atoms with Crippen LogP contribution >= 0.6 is 11.3 Å². The summed E-state index contributed by atoms with van der Waals surface area (Å²) in [5.74, 6) is 0. The normalized spacial score (nSPS) is 13.2. The zero-order valence-corrected chi connectivity index (χ0v) is 10.4. The number of methoxy groups -OCH3 is 1. The molecule has 16 heavy (non-hydrogen) atoms. The Balaban J connectivity index is 2.56. The molecule has 0 N–H and O–H groups in total. The number of aromatic nitrogens is 2. The van der Waals surface area contributed by atoms with E-state index in [2.05, 4.69) is 4.98 Å². The second-order valence-electron chi connectivity index (χ2n) is 3.84. The van der Waals surface area contributed by atoms with E-state index in [4.69, 9.17) is 4.74 Å². The molecule has 0 aromatic carbocycles. The van der Waals surface area contributed by atoms with Crippen LogP contribution in [-0.2, 0) is 4.74 Å². The van der Waals surface area contributed by atoms with Crippen LogP contribution < -0.4 is 5.56 Å². The van der Waals surface area contributed by atoms with Crippen LogP contribution in [0.2, 0.25) is 0 Å². The maximum Gasteiger partial charge on any atom is 0.262 e. The van der Waals surface area contributed by atoms with E-state index >= 15 is 0 Å². The minimum Gasteiger partial charge on any atom is -0.383 e. The first-order chi connectivity index (χ1) is 7.63. The summed E-state index contributed by atoms with van der Waals surface area (Å²) >= 11 is 1.54. The summed E-state index contributed by atoms with van der Waals surface area (Å²) in [6, 6.07) is 1.90. The van der Waals surface area contributed by atoms with E-state index in [1.54, 1.807) is 29.3 Å². The lowest BCUT2D eigenvalue weighted by Crippen LogP contribution is -2.25. The molecule has 86 valence electrons. The largest absolute Gasteiger partial charge is 0.383 e. The third-order valence-electron chi connectivity index (χ3n) is 2.48. The van der Waals surface area contributed by atoms with Gasteiger partial charge in [-0.25, -0.2) is 4.98 Å². The number of thiophene rings is 1. The average Bonchev–Trinajstić information content (AvgIpc) is 2.60. The van der Waals surface area contributed by atoms with Crippen molar-refractivity contribution < 1.29 is 4.74 Å². The smallest absolute Gasteiger partial charge is 0.262 e. The van der Waals surface area contributed by atoms with Crippen molar-refractivity contribution in [2.75, 3.05) is 13.7 Å². The van der Waals surface area contributed by atoms with Gasteiger partial charge in [0.25, 0.3) is 5.56 Å². The van der Waals surface area contributed by atoms with Crippen molar-refractivity contribution in [3.63, 3.8) is 0 Å². The van der Waals surface area contributed by atoms with E-state index < -0.39 is 0 Å². The quantitative estimate of drug-likeness (QED) is 0.821. The fraction of sp³-hybridized carbons (Fsp3) is 0.455. The topological polar surface area (TPSA) is 44.1 Å². The van der Waals surface area contributed by atoms with Gasteiger partial charge in [-0.2, -0.15) is 0 Å². The van der Waals surface area contributed by atoms with E-state index in [0.717, 1.165) is 9.71 Å². The first-order valence-corrected chi connectivity index (χ1v) is 5.91. The molecule has 2 aromatic heterocycles. The van der Waals surface area contributed by atoms with E-state index in [1.165, 1.54) is 0 Å². The van der Waals surface area contributed by atoms with Gasteiger partial charge in [0, 0.05) is 12.0 Å². The Morgan fingerprint density at radius 3 is 3.06 bits per heavy atom. The molecule has 1 atom stereocenters. The zero-order valence-electron chi connectivity index (χ0n) is 9.56. The molecule has 4 nitrogen and oxygen atoms in total. The van der Waals surface area contributed by atoms with Crippen LogP contribution in [0.25, 0.3) is 10.2 Å². The van der Waals surface area contributed by atoms with Crippen LogP contribution in [0, 0.1) is 6.92 Å². The van der Waals surface area contributed by atoms with Gasteiger partial charge in [0.1, 0.15) is 4.83 Å². The Morgan fingerprint density at radius 2 is 2.38 bits per heavy atom. The molecule has 2 rings (SSSR count). The maximum atomic E-state index is 12.1. The van der Waals surface area contributed by atoms with E-state index in [-0.39, 0.29) is 11.6 Å². The molecule has 0 saturated heterocycles. The van der Waals surface area contributed by atoms with Gasteiger partial charge < -0.3 is 4.74 Å². The molecular formula is C11H14N2O2S. The predicted octanol–water partition coefficient (Wildman–Crippen LogP) is 1.97. The summed E-state index contributed by atoms with van der Waals surface area (Å²) in [5, 5.41) is 0.702. The van der Waals surface area contributed by atoms with Gasteiger partial charge in [-0.15, -0.1) is 11.3 Å². The van der Waals surface area contributed by atoms with Gasteiger partial charge in [0.15, 0.2) is 0 Å². The lowest BCUT2D eigenvalue weighted by atomic mass is 10.3. The molecule has 0 amide bonds. The van der Waals surface area contributed by atoms with Gasteiger partial charge in [-0.05, 0) is 19.9 Å². The number of nitrogens with zero attached hydrogens (tertiary/aromatic N) is 2. The van der Waals surface area contributed by atoms with Gasteiger partial charge in [-0.1, -0.05) is 0 Å². The van der Waals surface area contributed by atoms with Gasteiger partial charge in [0.05, 0.1) is 24.4 Å². The SMILES string of the molecule is COC[C@@H](C)n1cnc2sc(C)cc2c1=O. The molecule has 0 unspecified atom stereocenters. The van der Waals surface area contributed by atoms with Gasteiger partial charge in [-0.3, -0.25) is 9.36 Å². The second kappa shape index (κ2) is 4.35. The highest BCUT2D eigenvalue weighted by Crippen LogP contribution is 2.19. The molecule has 0 aliphatic rings. The first kappa shape index (κ1) is 11.3. The Kier molecular flexibility index (Phi) is 3.07. The summed E-state index contributed by atoms with van der Waals surface area (Å²) in [5.41, 5.74) is 0.0129. The Labute approximate surface area is 97.5 Å². The first-order valence-electron chi connectivity index (χ1n) is 5.09. The van der Waals surface area contributed by atoms with Crippen LogP contribution in [0.4, 0.5) is 0 Å². The summed E-state index contributed by atoms with van der Waals surface area (Å²) in [6.07, 6.45) is 1.60. The van der Waals surface area contributed by atoms with Crippen molar-refractivity contribution in [1.82, 2.24) is 9.55 Å². The van der Waals surface area contributed by atoms with Crippen molar-refractivity contribution >= 4 is 21.6 Å².